The van der Waals surface area contributed by atoms with Gasteiger partial charge in [-0.25, -0.2) is 9.59 Å². The molecule has 0 N–H and O–H groups in total. The maximum Gasteiger partial charge on any atom is 0.415 e. The Bertz CT molecular complexity index is 284. The van der Waals surface area contributed by atoms with E-state index in [-0.39, 0.29) is 13.0 Å². The Kier molecular flexibility index (Phi) is 4.41. The summed E-state index contributed by atoms with van der Waals surface area (Å²) in [5, 5.41) is 7.80. The van der Waals surface area contributed by atoms with Gasteiger partial charge in [0.05, 0.1) is 6.61 Å². The molecule has 0 bridgehead atoms. The monoisotopic (exact) mass is 259 g/mol. The molecule has 1 atom stereocenters. The first kappa shape index (κ1) is 13.1. The summed E-state index contributed by atoms with van der Waals surface area (Å²) < 4.78 is 37.4. The minimum Gasteiger partial charge on any atom is -0.691 e. The van der Waals surface area contributed by atoms with E-state index < -0.39 is 35.3 Å². The van der Waals surface area contributed by atoms with Crippen LogP contribution in [-0.2, 0) is 28.4 Å². The highest BCUT2D eigenvalue weighted by Gasteiger charge is 2.46. The molecule has 1 rings (SSSR count). The molecule has 92 valence electrons. The average Bonchev–Trinajstić information content (AvgIpc) is 2.61. The fourth-order valence-electron chi connectivity index (χ4n) is 0.873. The van der Waals surface area contributed by atoms with Gasteiger partial charge < -0.3 is 14.7 Å². The molecular formula is C6H5F2O7S-. The number of ether oxygens (including phenoxy) is 2. The van der Waals surface area contributed by atoms with E-state index in [1.807, 2.05) is 0 Å². The zero-order chi connectivity index (χ0) is 12.2. The summed E-state index contributed by atoms with van der Waals surface area (Å²) in [6.45, 7) is -0.00430. The fraction of sp³-hybridized carbons (Fsp3) is 0.667. The van der Waals surface area contributed by atoms with Crippen LogP contribution in [0.4, 0.5) is 8.78 Å². The van der Waals surface area contributed by atoms with Gasteiger partial charge in [-0.2, -0.15) is 13.1 Å². The number of hydrogen-bond donors (Lipinski definition) is 0. The van der Waals surface area contributed by atoms with E-state index in [0.717, 1.165) is 0 Å². The van der Waals surface area contributed by atoms with Crippen molar-refractivity contribution in [1.82, 2.24) is 0 Å². The molecule has 1 aliphatic rings. The minimum atomic E-state index is -4.15. The summed E-state index contributed by atoms with van der Waals surface area (Å²) in [6, 6.07) is 0. The van der Waals surface area contributed by atoms with Crippen molar-refractivity contribution in [2.45, 2.75) is 17.8 Å². The summed E-state index contributed by atoms with van der Waals surface area (Å²) in [7, 11) is 0. The molecule has 1 fully saturated rings. The smallest absolute Gasteiger partial charge is 0.415 e. The minimum absolute atomic E-state index is 0.00420. The molecule has 0 spiro atoms. The molecule has 0 amide bonds. The first-order chi connectivity index (χ1) is 7.47. The lowest BCUT2D eigenvalue weighted by Gasteiger charge is -2.15. The summed E-state index contributed by atoms with van der Waals surface area (Å²) in [4.78, 5) is 21.6. The highest BCUT2D eigenvalue weighted by atomic mass is 32.2. The number of hydrogen-bond acceptors (Lipinski definition) is 8. The summed E-state index contributed by atoms with van der Waals surface area (Å²) in [6.07, 6.45) is -1.35. The molecule has 1 heterocycles. The van der Waals surface area contributed by atoms with Gasteiger partial charge >= 0.3 is 17.2 Å². The van der Waals surface area contributed by atoms with E-state index in [1.54, 1.807) is 0 Å². The predicted molar refractivity (Wildman–Crippen MR) is 40.2 cm³/mol. The van der Waals surface area contributed by atoms with Gasteiger partial charge in [-0.05, 0) is 0 Å². The van der Waals surface area contributed by atoms with Gasteiger partial charge in [-0.15, -0.1) is 0 Å². The van der Waals surface area contributed by atoms with E-state index in [0.29, 0.717) is 0 Å². The van der Waals surface area contributed by atoms with E-state index in [9.17, 15) is 23.6 Å². The molecule has 0 aromatic rings. The van der Waals surface area contributed by atoms with Gasteiger partial charge in [0.2, 0.25) is 6.10 Å². The third-order valence-corrected chi connectivity index (χ3v) is 2.04. The van der Waals surface area contributed by atoms with Crippen LogP contribution < -0.4 is 5.26 Å². The van der Waals surface area contributed by atoms with Crippen LogP contribution in [0.15, 0.2) is 0 Å². The Balaban J connectivity index is 2.47. The second kappa shape index (κ2) is 5.39. The first-order valence-electron chi connectivity index (χ1n) is 3.87. The standard InChI is InChI=1S/C6H6F2O7S/c7-6(8,16-15-14-11)5(10)13-3-1-2-12-4(3)9/h3,11H,1-2H2/p-1. The number of rotatable bonds is 5. The molecule has 0 saturated carbocycles. The maximum absolute atomic E-state index is 12.8. The molecule has 7 nitrogen and oxygen atoms in total. The Labute approximate surface area is 91.7 Å². The van der Waals surface area contributed by atoms with Crippen LogP contribution >= 0.6 is 12.0 Å². The van der Waals surface area contributed by atoms with Crippen molar-refractivity contribution in [2.75, 3.05) is 6.61 Å². The van der Waals surface area contributed by atoms with Gasteiger partial charge in [0.15, 0.2) is 0 Å². The molecule has 0 aliphatic carbocycles. The zero-order valence-electron chi connectivity index (χ0n) is 7.51. The van der Waals surface area contributed by atoms with Crippen molar-refractivity contribution in [1.29, 1.82) is 0 Å². The highest BCUT2D eigenvalue weighted by Crippen LogP contribution is 2.32. The van der Waals surface area contributed by atoms with E-state index in [2.05, 4.69) is 18.8 Å². The van der Waals surface area contributed by atoms with Crippen LogP contribution in [0.3, 0.4) is 0 Å². The van der Waals surface area contributed by atoms with E-state index in [1.165, 1.54) is 0 Å². The number of esters is 2. The maximum atomic E-state index is 12.8. The van der Waals surface area contributed by atoms with Crippen molar-refractivity contribution in [3.63, 3.8) is 0 Å². The van der Waals surface area contributed by atoms with Crippen molar-refractivity contribution in [3.8, 4) is 0 Å². The van der Waals surface area contributed by atoms with Crippen molar-refractivity contribution in [2.24, 2.45) is 0 Å². The Morgan fingerprint density at radius 2 is 2.31 bits per heavy atom. The van der Waals surface area contributed by atoms with Crippen LogP contribution in [0.2, 0.25) is 0 Å². The SMILES string of the molecule is O=C1OCCC1OC(=O)C(F)(F)SOO[O-]. The molecule has 16 heavy (non-hydrogen) atoms. The Morgan fingerprint density at radius 1 is 1.62 bits per heavy atom. The fourth-order valence-corrected chi connectivity index (χ4v) is 1.10. The lowest BCUT2D eigenvalue weighted by Crippen LogP contribution is -2.33. The first-order valence-corrected chi connectivity index (χ1v) is 4.61. The number of alkyl halides is 2. The van der Waals surface area contributed by atoms with Gasteiger partial charge in [-0.3, -0.25) is 5.04 Å². The summed E-state index contributed by atoms with van der Waals surface area (Å²) in [5.74, 6) is -2.91. The number of carbonyl (C=O) groups excluding carboxylic acids is 2. The van der Waals surface area contributed by atoms with Crippen molar-refractivity contribution >= 4 is 24.0 Å². The summed E-state index contributed by atoms with van der Waals surface area (Å²) in [5.41, 5.74) is 0. The van der Waals surface area contributed by atoms with Gasteiger partial charge in [0.25, 0.3) is 0 Å². The quantitative estimate of drug-likeness (QED) is 0.277. The second-order valence-corrected chi connectivity index (χ2v) is 3.40. The normalized spacial score (nSPS) is 20.7. The Hall–Kier alpha value is -0.970. The lowest BCUT2D eigenvalue weighted by atomic mass is 10.3. The highest BCUT2D eigenvalue weighted by molar-refractivity contribution is 7.96. The van der Waals surface area contributed by atoms with Crippen LogP contribution in [0.25, 0.3) is 0 Å². The van der Waals surface area contributed by atoms with Gasteiger partial charge in [-0.1, -0.05) is 0 Å². The van der Waals surface area contributed by atoms with Crippen LogP contribution in [0, 0.1) is 0 Å². The Morgan fingerprint density at radius 3 is 2.81 bits per heavy atom. The van der Waals surface area contributed by atoms with Crippen molar-refractivity contribution in [3.05, 3.63) is 0 Å². The second-order valence-electron chi connectivity index (χ2n) is 2.59. The number of halogens is 2. The third-order valence-electron chi connectivity index (χ3n) is 1.54. The lowest BCUT2D eigenvalue weighted by molar-refractivity contribution is -0.777. The third kappa shape index (κ3) is 3.27. The molecule has 0 radical (unpaired) electrons. The molecule has 0 aromatic heterocycles. The van der Waals surface area contributed by atoms with Gasteiger partial charge in [0, 0.05) is 6.42 Å². The largest absolute Gasteiger partial charge is 0.691 e. The van der Waals surface area contributed by atoms with Crippen LogP contribution in [0.1, 0.15) is 6.42 Å². The number of carbonyl (C=O) groups is 2. The van der Waals surface area contributed by atoms with Gasteiger partial charge in [0.1, 0.15) is 12.0 Å². The zero-order valence-corrected chi connectivity index (χ0v) is 8.33. The van der Waals surface area contributed by atoms with Crippen LogP contribution in [0.5, 0.6) is 0 Å². The predicted octanol–water partition coefficient (Wildman–Crippen LogP) is -0.690. The average molecular weight is 259 g/mol. The summed E-state index contributed by atoms with van der Waals surface area (Å²) >= 11 is -0.823. The molecule has 10 heteroatoms. The molecule has 1 saturated heterocycles. The van der Waals surface area contributed by atoms with E-state index >= 15 is 0 Å². The molecular weight excluding hydrogens is 254 g/mol. The molecule has 1 aliphatic heterocycles. The van der Waals surface area contributed by atoms with Crippen molar-refractivity contribution < 1.29 is 42.5 Å². The molecule has 0 aromatic carbocycles. The topological polar surface area (TPSA) is 94.1 Å². The van der Waals surface area contributed by atoms with Crippen LogP contribution in [-0.4, -0.2) is 29.9 Å². The van der Waals surface area contributed by atoms with E-state index in [4.69, 9.17) is 0 Å². The number of cyclic esters (lactones) is 1. The molecule has 1 unspecified atom stereocenters.